The van der Waals surface area contributed by atoms with Crippen molar-refractivity contribution >= 4 is 49.2 Å². The Morgan fingerprint density at radius 3 is 3.05 bits per heavy atom. The number of thiocarbonyl (C=S) groups is 1. The van der Waals surface area contributed by atoms with Gasteiger partial charge in [0.2, 0.25) is 0 Å². The number of nitrogens with zero attached hydrogens (tertiary/aromatic N) is 1. The molecule has 106 valence electrons. The maximum absolute atomic E-state index is 6.29. The van der Waals surface area contributed by atoms with Gasteiger partial charge in [0.05, 0.1) is 10.5 Å². The Kier molecular flexibility index (Phi) is 3.59. The molecule has 3 nitrogen and oxygen atoms in total. The van der Waals surface area contributed by atoms with E-state index in [-0.39, 0.29) is 6.04 Å². The van der Waals surface area contributed by atoms with Crippen molar-refractivity contribution in [1.29, 1.82) is 0 Å². The molecule has 2 aliphatic heterocycles. The van der Waals surface area contributed by atoms with Gasteiger partial charge in [-0.2, -0.15) is 0 Å². The number of rotatable bonds is 2. The minimum absolute atomic E-state index is 0.172. The van der Waals surface area contributed by atoms with Crippen molar-refractivity contribution in [3.05, 3.63) is 39.3 Å². The first kappa shape index (κ1) is 14.4. The van der Waals surface area contributed by atoms with Crippen molar-refractivity contribution in [2.45, 2.75) is 25.1 Å². The van der Waals surface area contributed by atoms with Crippen LogP contribution >= 0.6 is 44.1 Å². The van der Waals surface area contributed by atoms with Gasteiger partial charge in [-0.25, -0.2) is 0 Å². The minimum atomic E-state index is -0.440. The molecule has 1 saturated heterocycles. The van der Waals surface area contributed by atoms with Crippen molar-refractivity contribution in [2.75, 3.05) is 6.54 Å². The van der Waals surface area contributed by atoms with Gasteiger partial charge in [0.25, 0.3) is 0 Å². The fraction of sp³-hybridized carbons (Fsp3) is 0.357. The van der Waals surface area contributed by atoms with Crippen LogP contribution in [0.2, 0.25) is 0 Å². The van der Waals surface area contributed by atoms with E-state index in [0.717, 1.165) is 26.7 Å². The second-order valence-corrected chi connectivity index (χ2v) is 7.35. The summed E-state index contributed by atoms with van der Waals surface area (Å²) in [5, 5.41) is 4.12. The Bertz CT molecular complexity index is 607. The largest absolute Gasteiger partial charge is 0.467 e. The summed E-state index contributed by atoms with van der Waals surface area (Å²) in [4.78, 5) is 2.04. The Labute approximate surface area is 140 Å². The lowest BCUT2D eigenvalue weighted by molar-refractivity contribution is -0.0637. The van der Waals surface area contributed by atoms with E-state index in [9.17, 15) is 0 Å². The zero-order valence-electron chi connectivity index (χ0n) is 11.0. The lowest BCUT2D eigenvalue weighted by Gasteiger charge is -2.52. The highest BCUT2D eigenvalue weighted by atomic mass is 79.9. The van der Waals surface area contributed by atoms with Gasteiger partial charge < -0.3 is 15.0 Å². The number of fused-ring (bicyclic) bond motifs is 4. The van der Waals surface area contributed by atoms with E-state index in [1.807, 2.05) is 17.0 Å². The van der Waals surface area contributed by atoms with E-state index in [2.05, 4.69) is 56.7 Å². The third-order valence-corrected chi connectivity index (χ3v) is 5.13. The molecule has 0 spiro atoms. The summed E-state index contributed by atoms with van der Waals surface area (Å²) in [5.41, 5.74) is 0.689. The molecule has 0 saturated carbocycles. The van der Waals surface area contributed by atoms with Crippen molar-refractivity contribution in [3.63, 3.8) is 0 Å². The monoisotopic (exact) mass is 416 g/mol. The Morgan fingerprint density at radius 2 is 2.35 bits per heavy atom. The molecule has 3 rings (SSSR count). The van der Waals surface area contributed by atoms with Crippen LogP contribution in [0.1, 0.15) is 24.9 Å². The maximum atomic E-state index is 6.29. The van der Waals surface area contributed by atoms with Crippen LogP contribution < -0.4 is 10.1 Å². The van der Waals surface area contributed by atoms with E-state index >= 15 is 0 Å². The lowest BCUT2D eigenvalue weighted by atomic mass is 9.90. The second-order valence-electron chi connectivity index (χ2n) is 5.19. The highest BCUT2D eigenvalue weighted by Gasteiger charge is 2.47. The first-order valence-corrected chi connectivity index (χ1v) is 8.31. The van der Waals surface area contributed by atoms with E-state index in [4.69, 9.17) is 17.0 Å². The molecule has 0 radical (unpaired) electrons. The van der Waals surface area contributed by atoms with Crippen LogP contribution in [0.4, 0.5) is 0 Å². The summed E-state index contributed by atoms with van der Waals surface area (Å²) in [6.45, 7) is 6.54. The molecule has 2 bridgehead atoms. The van der Waals surface area contributed by atoms with E-state index in [1.54, 1.807) is 0 Å². The van der Waals surface area contributed by atoms with Crippen LogP contribution in [0.25, 0.3) is 0 Å². The van der Waals surface area contributed by atoms with E-state index in [1.165, 1.54) is 0 Å². The average molecular weight is 418 g/mol. The molecule has 6 heteroatoms. The Hall–Kier alpha value is -0.590. The molecule has 1 N–H and O–H groups in total. The molecule has 2 atom stereocenters. The van der Waals surface area contributed by atoms with Crippen molar-refractivity contribution in [2.24, 2.45) is 0 Å². The molecule has 2 unspecified atom stereocenters. The maximum Gasteiger partial charge on any atom is 0.184 e. The summed E-state index contributed by atoms with van der Waals surface area (Å²) in [5.74, 6) is 0.885. The third kappa shape index (κ3) is 2.18. The zero-order chi connectivity index (χ0) is 14.5. The summed E-state index contributed by atoms with van der Waals surface area (Å²) in [7, 11) is 0. The van der Waals surface area contributed by atoms with E-state index in [0.29, 0.717) is 11.7 Å². The van der Waals surface area contributed by atoms with Crippen LogP contribution in [-0.2, 0) is 0 Å². The van der Waals surface area contributed by atoms with Gasteiger partial charge in [0.15, 0.2) is 10.8 Å². The third-order valence-electron chi connectivity index (χ3n) is 3.74. The van der Waals surface area contributed by atoms with Gasteiger partial charge in [-0.15, -0.1) is 6.58 Å². The van der Waals surface area contributed by atoms with Crippen LogP contribution in [0.15, 0.2) is 33.7 Å². The topological polar surface area (TPSA) is 24.5 Å². The van der Waals surface area contributed by atoms with Crippen LogP contribution in [0.5, 0.6) is 5.75 Å². The SMILES string of the molecule is C=CCN1C(=S)NC2CC1(C)Oc1c(Br)cc(Br)cc12. The fourth-order valence-corrected chi connectivity index (χ4v) is 4.59. The average Bonchev–Trinajstić information content (AvgIpc) is 2.36. The Morgan fingerprint density at radius 1 is 1.60 bits per heavy atom. The number of ether oxygens (including phenoxy) is 1. The second kappa shape index (κ2) is 5.00. The first-order chi connectivity index (χ1) is 9.44. The fourth-order valence-electron chi connectivity index (χ4n) is 2.84. The number of nitrogens with one attached hydrogen (secondary N) is 1. The standard InChI is InChI=1S/C14H14Br2N2OS/c1-3-4-18-13(20)17-11-7-14(18,2)19-12-9(11)5-8(15)6-10(12)16/h3,5-6,11H,1,4,7H2,2H3,(H,17,20). The zero-order valence-corrected chi connectivity index (χ0v) is 14.9. The molecule has 0 aromatic heterocycles. The Balaban J connectivity index is 2.10. The predicted molar refractivity (Wildman–Crippen MR) is 90.9 cm³/mol. The quantitative estimate of drug-likeness (QED) is 0.577. The van der Waals surface area contributed by atoms with Crippen molar-refractivity contribution in [3.8, 4) is 5.75 Å². The molecule has 20 heavy (non-hydrogen) atoms. The summed E-state index contributed by atoms with van der Waals surface area (Å²) in [6, 6.07) is 4.26. The highest BCUT2D eigenvalue weighted by molar-refractivity contribution is 9.11. The number of halogens is 2. The van der Waals surface area contributed by atoms with Crippen LogP contribution in [0.3, 0.4) is 0 Å². The first-order valence-electron chi connectivity index (χ1n) is 6.31. The lowest BCUT2D eigenvalue weighted by Crippen LogP contribution is -2.64. The molecule has 2 aliphatic rings. The van der Waals surface area contributed by atoms with Crippen molar-refractivity contribution in [1.82, 2.24) is 10.2 Å². The minimum Gasteiger partial charge on any atom is -0.467 e. The smallest absolute Gasteiger partial charge is 0.184 e. The molecule has 1 fully saturated rings. The number of benzene rings is 1. The van der Waals surface area contributed by atoms with E-state index < -0.39 is 5.72 Å². The summed E-state index contributed by atoms with van der Waals surface area (Å²) in [6.07, 6.45) is 2.69. The van der Waals surface area contributed by atoms with Gasteiger partial charge in [0, 0.05) is 23.0 Å². The summed E-state index contributed by atoms with van der Waals surface area (Å²) < 4.78 is 8.27. The molecule has 0 amide bonds. The van der Waals surface area contributed by atoms with Gasteiger partial charge in [-0.05, 0) is 47.2 Å². The molecular formula is C14H14Br2N2OS. The van der Waals surface area contributed by atoms with Crippen LogP contribution in [0, 0.1) is 0 Å². The predicted octanol–water partition coefficient (Wildman–Crippen LogP) is 4.13. The van der Waals surface area contributed by atoms with Gasteiger partial charge in [-0.3, -0.25) is 0 Å². The summed E-state index contributed by atoms with van der Waals surface area (Å²) >= 11 is 12.6. The van der Waals surface area contributed by atoms with Gasteiger partial charge >= 0.3 is 0 Å². The molecule has 1 aromatic carbocycles. The van der Waals surface area contributed by atoms with Crippen molar-refractivity contribution < 1.29 is 4.74 Å². The number of hydrogen-bond donors (Lipinski definition) is 1. The molecule has 1 aromatic rings. The van der Waals surface area contributed by atoms with Gasteiger partial charge in [0.1, 0.15) is 5.75 Å². The molecule has 0 aliphatic carbocycles. The molecular weight excluding hydrogens is 404 g/mol. The van der Waals surface area contributed by atoms with Gasteiger partial charge in [-0.1, -0.05) is 22.0 Å². The normalized spacial score (nSPS) is 27.4. The number of hydrogen-bond acceptors (Lipinski definition) is 2. The highest BCUT2D eigenvalue weighted by Crippen LogP contribution is 2.48. The van der Waals surface area contributed by atoms with Crippen LogP contribution in [-0.4, -0.2) is 22.3 Å². The molecule has 2 heterocycles.